The molecule has 25 heavy (non-hydrogen) atoms. The standard InChI is InChI=1S/C21H25NO3/c1-15(2)25-18-10-6-9-17(13-18)22-21(23)14-24-20-12-5-8-16-7-3-4-11-19(16)20/h5-6,8-10,12-13,15H,3-4,7,11,14H2,1-2H3,(H,22,23). The number of amides is 1. The summed E-state index contributed by atoms with van der Waals surface area (Å²) < 4.78 is 11.4. The van der Waals surface area contributed by atoms with Crippen molar-refractivity contribution in [1.82, 2.24) is 0 Å². The lowest BCUT2D eigenvalue weighted by Crippen LogP contribution is -2.21. The van der Waals surface area contributed by atoms with E-state index in [1.54, 1.807) is 0 Å². The Kier molecular flexibility index (Phi) is 5.59. The average molecular weight is 339 g/mol. The Morgan fingerprint density at radius 3 is 2.76 bits per heavy atom. The quantitative estimate of drug-likeness (QED) is 0.850. The van der Waals surface area contributed by atoms with Crippen molar-refractivity contribution in [2.24, 2.45) is 0 Å². The molecule has 0 heterocycles. The van der Waals surface area contributed by atoms with Crippen molar-refractivity contribution < 1.29 is 14.3 Å². The van der Waals surface area contributed by atoms with Gasteiger partial charge in [-0.2, -0.15) is 0 Å². The predicted octanol–water partition coefficient (Wildman–Crippen LogP) is 4.37. The molecule has 4 nitrogen and oxygen atoms in total. The summed E-state index contributed by atoms with van der Waals surface area (Å²) in [6, 6.07) is 13.5. The fourth-order valence-corrected chi connectivity index (χ4v) is 3.14. The van der Waals surface area contributed by atoms with Crippen LogP contribution in [0.4, 0.5) is 5.69 Å². The van der Waals surface area contributed by atoms with Crippen molar-refractivity contribution in [3.05, 3.63) is 53.6 Å². The van der Waals surface area contributed by atoms with Crippen LogP contribution in [0.5, 0.6) is 11.5 Å². The van der Waals surface area contributed by atoms with E-state index in [-0.39, 0.29) is 18.6 Å². The van der Waals surface area contributed by atoms with Crippen LogP contribution in [0.1, 0.15) is 37.8 Å². The summed E-state index contributed by atoms with van der Waals surface area (Å²) in [6.07, 6.45) is 4.63. The number of carbonyl (C=O) groups excluding carboxylic acids is 1. The van der Waals surface area contributed by atoms with Crippen LogP contribution in [-0.4, -0.2) is 18.6 Å². The molecule has 0 saturated carbocycles. The Hall–Kier alpha value is -2.49. The molecule has 0 aliphatic heterocycles. The van der Waals surface area contributed by atoms with Gasteiger partial charge in [-0.25, -0.2) is 0 Å². The second kappa shape index (κ2) is 8.06. The van der Waals surface area contributed by atoms with E-state index in [4.69, 9.17) is 9.47 Å². The first-order valence-electron chi connectivity index (χ1n) is 8.92. The Morgan fingerprint density at radius 1 is 1.12 bits per heavy atom. The highest BCUT2D eigenvalue weighted by molar-refractivity contribution is 5.92. The van der Waals surface area contributed by atoms with Gasteiger partial charge in [0, 0.05) is 11.8 Å². The number of aryl methyl sites for hydroxylation is 1. The molecule has 1 N–H and O–H groups in total. The van der Waals surface area contributed by atoms with Crippen LogP contribution in [-0.2, 0) is 17.6 Å². The van der Waals surface area contributed by atoms with Crippen LogP contribution in [0.25, 0.3) is 0 Å². The first kappa shape index (κ1) is 17.3. The number of fused-ring (bicyclic) bond motifs is 1. The van der Waals surface area contributed by atoms with Gasteiger partial charge >= 0.3 is 0 Å². The smallest absolute Gasteiger partial charge is 0.262 e. The van der Waals surface area contributed by atoms with Gasteiger partial charge in [0.2, 0.25) is 0 Å². The molecule has 0 saturated heterocycles. The van der Waals surface area contributed by atoms with Crippen LogP contribution in [0, 0.1) is 0 Å². The molecule has 4 heteroatoms. The number of hydrogen-bond donors (Lipinski definition) is 1. The molecular weight excluding hydrogens is 314 g/mol. The highest BCUT2D eigenvalue weighted by Crippen LogP contribution is 2.29. The number of rotatable bonds is 6. The number of ether oxygens (including phenoxy) is 2. The summed E-state index contributed by atoms with van der Waals surface area (Å²) in [4.78, 5) is 12.2. The van der Waals surface area contributed by atoms with Gasteiger partial charge in [0.25, 0.3) is 5.91 Å². The molecular formula is C21H25NO3. The Morgan fingerprint density at radius 2 is 1.92 bits per heavy atom. The summed E-state index contributed by atoms with van der Waals surface area (Å²) in [6.45, 7) is 3.95. The normalized spacial score (nSPS) is 13.2. The number of benzene rings is 2. The number of carbonyl (C=O) groups is 1. The van der Waals surface area contributed by atoms with Crippen molar-refractivity contribution in [3.8, 4) is 11.5 Å². The van der Waals surface area contributed by atoms with Crippen LogP contribution < -0.4 is 14.8 Å². The molecule has 1 aliphatic carbocycles. The van der Waals surface area contributed by atoms with Gasteiger partial charge in [0.15, 0.2) is 6.61 Å². The minimum atomic E-state index is -0.171. The lowest BCUT2D eigenvalue weighted by atomic mass is 9.91. The van der Waals surface area contributed by atoms with E-state index >= 15 is 0 Å². The third-order valence-electron chi connectivity index (χ3n) is 4.20. The van der Waals surface area contributed by atoms with E-state index in [0.717, 1.165) is 24.3 Å². The Balaban J connectivity index is 1.59. The number of anilines is 1. The molecule has 2 aromatic rings. The summed E-state index contributed by atoms with van der Waals surface area (Å²) >= 11 is 0. The molecule has 1 amide bonds. The fourth-order valence-electron chi connectivity index (χ4n) is 3.14. The minimum Gasteiger partial charge on any atom is -0.491 e. The van der Waals surface area contributed by atoms with Gasteiger partial charge in [-0.3, -0.25) is 4.79 Å². The van der Waals surface area contributed by atoms with Gasteiger partial charge in [-0.15, -0.1) is 0 Å². The van der Waals surface area contributed by atoms with Gasteiger partial charge in [-0.1, -0.05) is 18.2 Å². The van der Waals surface area contributed by atoms with Crippen LogP contribution in [0.3, 0.4) is 0 Å². The fraction of sp³-hybridized carbons (Fsp3) is 0.381. The van der Waals surface area contributed by atoms with Crippen molar-refractivity contribution in [2.75, 3.05) is 11.9 Å². The van der Waals surface area contributed by atoms with Crippen molar-refractivity contribution in [1.29, 1.82) is 0 Å². The van der Waals surface area contributed by atoms with E-state index in [9.17, 15) is 4.79 Å². The summed E-state index contributed by atoms with van der Waals surface area (Å²) in [5.74, 6) is 1.41. The average Bonchev–Trinajstić information content (AvgIpc) is 2.59. The van der Waals surface area contributed by atoms with E-state index < -0.39 is 0 Å². The van der Waals surface area contributed by atoms with Crippen LogP contribution in [0.2, 0.25) is 0 Å². The van der Waals surface area contributed by atoms with E-state index in [0.29, 0.717) is 5.69 Å². The molecule has 3 rings (SSSR count). The molecule has 0 unspecified atom stereocenters. The topological polar surface area (TPSA) is 47.6 Å². The molecule has 132 valence electrons. The summed E-state index contributed by atoms with van der Waals surface area (Å²) in [5.41, 5.74) is 3.32. The largest absolute Gasteiger partial charge is 0.491 e. The molecule has 0 bridgehead atoms. The Bertz CT molecular complexity index is 740. The molecule has 0 spiro atoms. The van der Waals surface area contributed by atoms with Crippen molar-refractivity contribution >= 4 is 11.6 Å². The maximum atomic E-state index is 12.2. The van der Waals surface area contributed by atoms with E-state index in [1.165, 1.54) is 24.0 Å². The third-order valence-corrected chi connectivity index (χ3v) is 4.20. The molecule has 2 aromatic carbocycles. The zero-order valence-corrected chi connectivity index (χ0v) is 14.9. The molecule has 1 aliphatic rings. The zero-order chi connectivity index (χ0) is 17.6. The number of hydrogen-bond acceptors (Lipinski definition) is 3. The van der Waals surface area contributed by atoms with Crippen molar-refractivity contribution in [3.63, 3.8) is 0 Å². The first-order chi connectivity index (χ1) is 12.1. The van der Waals surface area contributed by atoms with Crippen molar-refractivity contribution in [2.45, 2.75) is 45.6 Å². The van der Waals surface area contributed by atoms with Gasteiger partial charge in [-0.05, 0) is 68.9 Å². The van der Waals surface area contributed by atoms with E-state index in [2.05, 4.69) is 11.4 Å². The second-order valence-corrected chi connectivity index (χ2v) is 6.63. The van der Waals surface area contributed by atoms with Gasteiger partial charge < -0.3 is 14.8 Å². The lowest BCUT2D eigenvalue weighted by molar-refractivity contribution is -0.118. The minimum absolute atomic E-state index is 0.00567. The second-order valence-electron chi connectivity index (χ2n) is 6.63. The SMILES string of the molecule is CC(C)Oc1cccc(NC(=O)COc2cccc3c2CCCC3)c1. The highest BCUT2D eigenvalue weighted by Gasteiger charge is 2.14. The number of nitrogens with one attached hydrogen (secondary N) is 1. The molecule has 0 fully saturated rings. The predicted molar refractivity (Wildman–Crippen MR) is 99.4 cm³/mol. The molecule has 0 atom stereocenters. The zero-order valence-electron chi connectivity index (χ0n) is 14.9. The Labute approximate surface area is 149 Å². The maximum Gasteiger partial charge on any atom is 0.262 e. The third kappa shape index (κ3) is 4.75. The summed E-state index contributed by atoms with van der Waals surface area (Å²) in [7, 11) is 0. The first-order valence-corrected chi connectivity index (χ1v) is 8.92. The monoisotopic (exact) mass is 339 g/mol. The summed E-state index contributed by atoms with van der Waals surface area (Å²) in [5, 5.41) is 2.86. The van der Waals surface area contributed by atoms with E-state index in [1.807, 2.05) is 50.2 Å². The molecule has 0 aromatic heterocycles. The van der Waals surface area contributed by atoms with Crippen LogP contribution in [0.15, 0.2) is 42.5 Å². The lowest BCUT2D eigenvalue weighted by Gasteiger charge is -2.19. The highest BCUT2D eigenvalue weighted by atomic mass is 16.5. The molecule has 0 radical (unpaired) electrons. The maximum absolute atomic E-state index is 12.2. The van der Waals surface area contributed by atoms with Gasteiger partial charge in [0.1, 0.15) is 11.5 Å². The van der Waals surface area contributed by atoms with Gasteiger partial charge in [0.05, 0.1) is 6.10 Å². The van der Waals surface area contributed by atoms with Crippen LogP contribution >= 0.6 is 0 Å².